The van der Waals surface area contributed by atoms with Gasteiger partial charge in [0.2, 0.25) is 0 Å². The van der Waals surface area contributed by atoms with E-state index in [0.717, 1.165) is 12.8 Å². The van der Waals surface area contributed by atoms with Gasteiger partial charge in [0, 0.05) is 23.1 Å². The van der Waals surface area contributed by atoms with Gasteiger partial charge in [0.15, 0.2) is 5.78 Å². The van der Waals surface area contributed by atoms with E-state index in [0.29, 0.717) is 0 Å². The minimum Gasteiger partial charge on any atom is -0.460 e. The van der Waals surface area contributed by atoms with Crippen LogP contribution in [0.4, 0.5) is 10.1 Å². The van der Waals surface area contributed by atoms with Crippen molar-refractivity contribution < 1.29 is 23.6 Å². The molecular weight excluding hydrogens is 437 g/mol. The van der Waals surface area contributed by atoms with Crippen molar-refractivity contribution in [2.75, 3.05) is 0 Å². The van der Waals surface area contributed by atoms with Gasteiger partial charge in [-0.05, 0) is 70.2 Å². The Morgan fingerprint density at radius 1 is 1.25 bits per heavy atom. The molecule has 0 heterocycles. The summed E-state index contributed by atoms with van der Waals surface area (Å²) >= 11 is 6.20. The second kappa shape index (κ2) is 8.98. The maximum atomic E-state index is 15.6. The fourth-order valence-corrected chi connectivity index (χ4v) is 4.03. The second-order valence-corrected chi connectivity index (χ2v) is 9.55. The summed E-state index contributed by atoms with van der Waals surface area (Å²) in [6.07, 6.45) is 1.73. The molecule has 1 fully saturated rings. The van der Waals surface area contributed by atoms with Gasteiger partial charge in [0.1, 0.15) is 11.4 Å². The molecule has 32 heavy (non-hydrogen) atoms. The van der Waals surface area contributed by atoms with Crippen LogP contribution in [0.25, 0.3) is 0 Å². The molecule has 0 amide bonds. The zero-order valence-corrected chi connectivity index (χ0v) is 19.2. The van der Waals surface area contributed by atoms with Crippen molar-refractivity contribution >= 4 is 29.0 Å². The fourth-order valence-electron chi connectivity index (χ4n) is 3.80. The van der Waals surface area contributed by atoms with E-state index in [2.05, 4.69) is 0 Å². The van der Waals surface area contributed by atoms with E-state index in [4.69, 9.17) is 16.3 Å². The third kappa shape index (κ3) is 5.33. The van der Waals surface area contributed by atoms with Gasteiger partial charge in [-0.1, -0.05) is 17.7 Å². The number of hydrogen-bond donors (Lipinski definition) is 0. The summed E-state index contributed by atoms with van der Waals surface area (Å²) in [6.45, 7) is 6.81. The molecule has 1 aliphatic rings. The number of carbonyl (C=O) groups excluding carboxylic acids is 2. The molecule has 1 saturated carbocycles. The number of benzene rings is 2. The normalized spacial score (nSPS) is 14.7. The molecule has 1 atom stereocenters. The highest BCUT2D eigenvalue weighted by Crippen LogP contribution is 2.46. The van der Waals surface area contributed by atoms with Crippen LogP contribution in [0.2, 0.25) is 5.02 Å². The highest BCUT2D eigenvalue weighted by molar-refractivity contribution is 6.35. The molecule has 0 radical (unpaired) electrons. The molecule has 170 valence electrons. The quantitative estimate of drug-likeness (QED) is 0.213. The van der Waals surface area contributed by atoms with E-state index >= 15 is 4.39 Å². The predicted octanol–water partition coefficient (Wildman–Crippen LogP) is 6.15. The van der Waals surface area contributed by atoms with Crippen molar-refractivity contribution in [2.24, 2.45) is 5.92 Å². The Balaban J connectivity index is 1.97. The minimum absolute atomic E-state index is 0.00472. The van der Waals surface area contributed by atoms with Crippen molar-refractivity contribution in [3.05, 3.63) is 73.5 Å². The molecule has 3 rings (SSSR count). The molecule has 0 aliphatic heterocycles. The van der Waals surface area contributed by atoms with Crippen LogP contribution in [0.5, 0.6) is 0 Å². The van der Waals surface area contributed by atoms with Crippen molar-refractivity contribution in [3.63, 3.8) is 0 Å². The first-order chi connectivity index (χ1) is 14.9. The molecule has 8 heteroatoms. The van der Waals surface area contributed by atoms with Crippen LogP contribution in [-0.4, -0.2) is 22.3 Å². The Bertz CT molecular complexity index is 1090. The molecule has 6 nitrogen and oxygen atoms in total. The van der Waals surface area contributed by atoms with Crippen LogP contribution < -0.4 is 0 Å². The maximum absolute atomic E-state index is 15.6. The summed E-state index contributed by atoms with van der Waals surface area (Å²) in [6, 6.07) is 6.82. The Morgan fingerprint density at radius 3 is 2.44 bits per heavy atom. The third-order valence-corrected chi connectivity index (χ3v) is 5.72. The van der Waals surface area contributed by atoms with Gasteiger partial charge in [-0.15, -0.1) is 0 Å². The molecule has 0 unspecified atom stereocenters. The van der Waals surface area contributed by atoms with Crippen LogP contribution in [0, 0.1) is 28.8 Å². The molecule has 0 saturated heterocycles. The van der Waals surface area contributed by atoms with Gasteiger partial charge in [0.05, 0.1) is 21.9 Å². The Hall–Kier alpha value is -2.80. The van der Waals surface area contributed by atoms with Crippen LogP contribution in [0.3, 0.4) is 0 Å². The van der Waals surface area contributed by atoms with Crippen LogP contribution in [-0.2, 0) is 9.53 Å². The number of ether oxygens (including phenoxy) is 1. The zero-order chi connectivity index (χ0) is 23.8. The smallest absolute Gasteiger partial charge is 0.306 e. The van der Waals surface area contributed by atoms with Crippen LogP contribution in [0.15, 0.2) is 30.3 Å². The predicted molar refractivity (Wildman–Crippen MR) is 119 cm³/mol. The van der Waals surface area contributed by atoms with Gasteiger partial charge in [0.25, 0.3) is 5.69 Å². The van der Waals surface area contributed by atoms with Gasteiger partial charge < -0.3 is 4.74 Å². The molecule has 0 aromatic heterocycles. The first-order valence-electron chi connectivity index (χ1n) is 10.4. The van der Waals surface area contributed by atoms with Crippen LogP contribution in [0.1, 0.15) is 73.0 Å². The second-order valence-electron chi connectivity index (χ2n) is 9.15. The lowest BCUT2D eigenvalue weighted by Gasteiger charge is -2.23. The SMILES string of the molecule is Cc1cc(C(=O)c2c(Cl)ccc([C@H](CC(=O)OC(C)(C)C)C3CC3)c2F)ccc1[N+](=O)[O-]. The largest absolute Gasteiger partial charge is 0.460 e. The monoisotopic (exact) mass is 461 g/mol. The number of hydrogen-bond acceptors (Lipinski definition) is 5. The summed E-state index contributed by atoms with van der Waals surface area (Å²) in [5.41, 5.74) is -0.445. The number of rotatable bonds is 7. The maximum Gasteiger partial charge on any atom is 0.306 e. The lowest BCUT2D eigenvalue weighted by molar-refractivity contribution is -0.385. The molecule has 2 aromatic rings. The zero-order valence-electron chi connectivity index (χ0n) is 18.4. The molecule has 1 aliphatic carbocycles. The topological polar surface area (TPSA) is 86.5 Å². The fraction of sp³-hybridized carbons (Fsp3) is 0.417. The van der Waals surface area contributed by atoms with E-state index in [1.807, 2.05) is 0 Å². The number of nitro groups is 1. The summed E-state index contributed by atoms with van der Waals surface area (Å²) < 4.78 is 21.1. The first kappa shape index (κ1) is 23.9. The first-order valence-corrected chi connectivity index (χ1v) is 10.8. The van der Waals surface area contributed by atoms with Crippen molar-refractivity contribution in [3.8, 4) is 0 Å². The molecule has 2 aromatic carbocycles. The highest BCUT2D eigenvalue weighted by atomic mass is 35.5. The van der Waals surface area contributed by atoms with E-state index in [1.54, 1.807) is 20.8 Å². The van der Waals surface area contributed by atoms with Crippen molar-refractivity contribution in [1.29, 1.82) is 0 Å². The Kier molecular flexibility index (Phi) is 6.69. The lowest BCUT2D eigenvalue weighted by atomic mass is 9.88. The molecule has 0 bridgehead atoms. The lowest BCUT2D eigenvalue weighted by Crippen LogP contribution is -2.25. The number of esters is 1. The van der Waals surface area contributed by atoms with Crippen LogP contribution >= 0.6 is 11.6 Å². The van der Waals surface area contributed by atoms with E-state index in [-0.39, 0.29) is 45.3 Å². The Labute approximate surface area is 190 Å². The Morgan fingerprint density at radius 2 is 1.91 bits per heavy atom. The van der Waals surface area contributed by atoms with Gasteiger partial charge in [-0.2, -0.15) is 0 Å². The summed E-state index contributed by atoms with van der Waals surface area (Å²) in [7, 11) is 0. The molecule has 0 spiro atoms. The van der Waals surface area contributed by atoms with Crippen molar-refractivity contribution in [1.82, 2.24) is 0 Å². The van der Waals surface area contributed by atoms with Gasteiger partial charge >= 0.3 is 5.97 Å². The number of halogens is 2. The average Bonchev–Trinajstić information content (AvgIpc) is 3.50. The summed E-state index contributed by atoms with van der Waals surface area (Å²) in [5, 5.41) is 11.0. The van der Waals surface area contributed by atoms with Gasteiger partial charge in [-0.3, -0.25) is 19.7 Å². The third-order valence-electron chi connectivity index (χ3n) is 5.40. The summed E-state index contributed by atoms with van der Waals surface area (Å²) in [4.78, 5) is 36.0. The minimum atomic E-state index is -0.765. The van der Waals surface area contributed by atoms with Gasteiger partial charge in [-0.25, -0.2) is 4.39 Å². The van der Waals surface area contributed by atoms with E-state index in [1.165, 1.54) is 37.3 Å². The van der Waals surface area contributed by atoms with E-state index < -0.39 is 34.0 Å². The molecule has 0 N–H and O–H groups in total. The average molecular weight is 462 g/mol. The molecular formula is C24H25ClFNO5. The van der Waals surface area contributed by atoms with Crippen molar-refractivity contribution in [2.45, 2.75) is 58.5 Å². The summed E-state index contributed by atoms with van der Waals surface area (Å²) in [5.74, 6) is -2.16. The highest BCUT2D eigenvalue weighted by Gasteiger charge is 2.37. The number of ketones is 1. The van der Waals surface area contributed by atoms with E-state index in [9.17, 15) is 19.7 Å². The number of nitrogens with zero attached hydrogens (tertiary/aromatic N) is 1. The number of aryl methyl sites for hydroxylation is 1. The number of carbonyl (C=O) groups is 2. The number of nitro benzene ring substituents is 1. The standard InChI is InChI=1S/C24H25ClFNO5/c1-13-11-15(7-10-19(13)27(30)31)23(29)21-18(25)9-8-16(22(21)26)17(14-5-6-14)12-20(28)32-24(2,3)4/h7-11,14,17H,5-6,12H2,1-4H3/t17-/m1/s1.